The number of hydrogen-bond donors (Lipinski definition) is 0. The number of carbonyl (C=O) groups is 1. The summed E-state index contributed by atoms with van der Waals surface area (Å²) in [5.74, 6) is -0.926. The zero-order chi connectivity index (χ0) is 4.28. The Balaban J connectivity index is 3.20. The van der Waals surface area contributed by atoms with Crippen LogP contribution in [-0.2, 0) is 4.79 Å². The molecule has 0 amide bonds. The fourth-order valence-corrected chi connectivity index (χ4v) is 0. The van der Waals surface area contributed by atoms with Gasteiger partial charge >= 0.3 is 0 Å². The molecule has 0 aromatic carbocycles. The van der Waals surface area contributed by atoms with Crippen LogP contribution >= 0.6 is 0 Å². The van der Waals surface area contributed by atoms with Gasteiger partial charge in [-0.3, -0.25) is 4.79 Å². The van der Waals surface area contributed by atoms with E-state index < -0.39 is 5.83 Å². The standard InChI is InChI=1S/C3H3FO/c1-3(4)2-5/h2H,1H2. The molecule has 0 aliphatic carbocycles. The van der Waals surface area contributed by atoms with E-state index in [2.05, 4.69) is 6.58 Å². The number of hydrogen-bond acceptors (Lipinski definition) is 1. The van der Waals surface area contributed by atoms with E-state index in [1.54, 1.807) is 0 Å². The van der Waals surface area contributed by atoms with Crippen molar-refractivity contribution in [3.8, 4) is 0 Å². The lowest BCUT2D eigenvalue weighted by Gasteiger charge is -1.60. The van der Waals surface area contributed by atoms with E-state index in [1.807, 2.05) is 0 Å². The minimum Gasteiger partial charge on any atom is -0.295 e. The van der Waals surface area contributed by atoms with Gasteiger partial charge in [0.1, 0.15) is 0 Å². The molecule has 0 aromatic rings. The van der Waals surface area contributed by atoms with Crippen molar-refractivity contribution in [2.45, 2.75) is 0 Å². The minimum atomic E-state index is -0.926. The van der Waals surface area contributed by atoms with Crippen LogP contribution < -0.4 is 0 Å². The third-order valence-corrected chi connectivity index (χ3v) is 0.128. The number of carbonyl (C=O) groups excluding carboxylic acids is 1. The van der Waals surface area contributed by atoms with Crippen molar-refractivity contribution in [2.24, 2.45) is 0 Å². The molecule has 0 aliphatic heterocycles. The van der Waals surface area contributed by atoms with E-state index in [9.17, 15) is 4.39 Å². The maximum absolute atomic E-state index is 10.9. The average molecular weight is 74.1 g/mol. The molecule has 1 nitrogen and oxygen atoms in total. The van der Waals surface area contributed by atoms with Gasteiger partial charge in [-0.05, 0) is 0 Å². The fraction of sp³-hybridized carbons (Fsp3) is 0. The summed E-state index contributed by atoms with van der Waals surface area (Å²) in [6.45, 7) is 2.64. The van der Waals surface area contributed by atoms with Crippen LogP contribution in [0.25, 0.3) is 0 Å². The SMILES string of the molecule is C=C(F)C=O. The van der Waals surface area contributed by atoms with Crippen LogP contribution in [0, 0.1) is 0 Å². The van der Waals surface area contributed by atoms with E-state index >= 15 is 0 Å². The van der Waals surface area contributed by atoms with E-state index in [0.717, 1.165) is 0 Å². The first-order valence-electron chi connectivity index (χ1n) is 1.07. The van der Waals surface area contributed by atoms with Gasteiger partial charge in [-0.25, -0.2) is 4.39 Å². The summed E-state index contributed by atoms with van der Waals surface area (Å²) in [6.07, 6.45) is 0.0556. The molecule has 0 spiro atoms. The molecule has 28 valence electrons. The predicted octanol–water partition coefficient (Wildman–Crippen LogP) is 0.668. The summed E-state index contributed by atoms with van der Waals surface area (Å²) in [5.41, 5.74) is 0. The normalized spacial score (nSPS) is 6.60. The highest BCUT2D eigenvalue weighted by Crippen LogP contribution is 1.77. The Bertz CT molecular complexity index is 57.9. The molecule has 0 aliphatic rings. The molecule has 0 rings (SSSR count). The Hall–Kier alpha value is -0.660. The summed E-state index contributed by atoms with van der Waals surface area (Å²) in [5, 5.41) is 0. The highest BCUT2D eigenvalue weighted by Gasteiger charge is 1.73. The minimum absolute atomic E-state index is 0.0556. The molecule has 0 aromatic heterocycles. The summed E-state index contributed by atoms with van der Waals surface area (Å²) < 4.78 is 10.9. The maximum atomic E-state index is 10.9. The highest BCUT2D eigenvalue weighted by atomic mass is 19.1. The van der Waals surface area contributed by atoms with E-state index in [-0.39, 0.29) is 6.29 Å². The molecule has 2 heteroatoms. The second-order valence-electron chi connectivity index (χ2n) is 0.565. The summed E-state index contributed by atoms with van der Waals surface area (Å²) >= 11 is 0. The molecular formula is C3H3FO. The molecule has 5 heavy (non-hydrogen) atoms. The Kier molecular flexibility index (Phi) is 1.42. The lowest BCUT2D eigenvalue weighted by atomic mass is 10.7. The van der Waals surface area contributed by atoms with Crippen molar-refractivity contribution in [3.63, 3.8) is 0 Å². The molecular weight excluding hydrogens is 71.0 g/mol. The lowest BCUT2D eigenvalue weighted by molar-refractivity contribution is -0.106. The van der Waals surface area contributed by atoms with Gasteiger partial charge in [-0.2, -0.15) is 0 Å². The van der Waals surface area contributed by atoms with Gasteiger partial charge in [0.15, 0.2) is 12.1 Å². The third-order valence-electron chi connectivity index (χ3n) is 0.128. The molecule has 0 unspecified atom stereocenters. The van der Waals surface area contributed by atoms with Gasteiger partial charge < -0.3 is 0 Å². The van der Waals surface area contributed by atoms with Crippen LogP contribution in [0.3, 0.4) is 0 Å². The van der Waals surface area contributed by atoms with Crippen LogP contribution in [0.2, 0.25) is 0 Å². The van der Waals surface area contributed by atoms with E-state index in [1.165, 1.54) is 0 Å². The molecule has 0 radical (unpaired) electrons. The van der Waals surface area contributed by atoms with E-state index in [0.29, 0.717) is 0 Å². The van der Waals surface area contributed by atoms with Crippen molar-refractivity contribution in [3.05, 3.63) is 12.4 Å². The van der Waals surface area contributed by atoms with Crippen LogP contribution in [0.5, 0.6) is 0 Å². The Labute approximate surface area is 29.1 Å². The Morgan fingerprint density at radius 3 is 2.20 bits per heavy atom. The predicted molar refractivity (Wildman–Crippen MR) is 16.3 cm³/mol. The number of allylic oxidation sites excluding steroid dienone is 1. The first-order chi connectivity index (χ1) is 2.27. The van der Waals surface area contributed by atoms with Crippen molar-refractivity contribution in [1.29, 1.82) is 0 Å². The smallest absolute Gasteiger partial charge is 0.177 e. The fourth-order valence-electron chi connectivity index (χ4n) is 0. The number of halogens is 1. The second kappa shape index (κ2) is 1.64. The molecule has 0 atom stereocenters. The van der Waals surface area contributed by atoms with Gasteiger partial charge in [-0.15, -0.1) is 0 Å². The summed E-state index contributed by atoms with van der Waals surface area (Å²) in [7, 11) is 0. The molecule has 0 saturated heterocycles. The van der Waals surface area contributed by atoms with Gasteiger partial charge in [0.25, 0.3) is 0 Å². The number of rotatable bonds is 1. The second-order valence-corrected chi connectivity index (χ2v) is 0.565. The third kappa shape index (κ3) is 3.34. The Morgan fingerprint density at radius 1 is 2.00 bits per heavy atom. The molecule has 0 N–H and O–H groups in total. The first-order valence-corrected chi connectivity index (χ1v) is 1.07. The maximum Gasteiger partial charge on any atom is 0.177 e. The molecule has 0 heterocycles. The van der Waals surface area contributed by atoms with Crippen molar-refractivity contribution < 1.29 is 9.18 Å². The molecule has 0 saturated carbocycles. The van der Waals surface area contributed by atoms with Crippen molar-refractivity contribution >= 4 is 6.29 Å². The number of aldehydes is 1. The van der Waals surface area contributed by atoms with Crippen molar-refractivity contribution in [2.75, 3.05) is 0 Å². The summed E-state index contributed by atoms with van der Waals surface area (Å²) in [6, 6.07) is 0. The highest BCUT2D eigenvalue weighted by molar-refractivity contribution is 5.68. The first kappa shape index (κ1) is 4.34. The van der Waals surface area contributed by atoms with Gasteiger partial charge in [0.2, 0.25) is 0 Å². The molecule has 0 bridgehead atoms. The Morgan fingerprint density at radius 2 is 2.20 bits per heavy atom. The lowest BCUT2D eigenvalue weighted by Crippen LogP contribution is -1.62. The van der Waals surface area contributed by atoms with Crippen LogP contribution in [0.1, 0.15) is 0 Å². The molecule has 0 fully saturated rings. The van der Waals surface area contributed by atoms with Crippen LogP contribution in [-0.4, -0.2) is 6.29 Å². The van der Waals surface area contributed by atoms with Gasteiger partial charge in [-0.1, -0.05) is 6.58 Å². The monoisotopic (exact) mass is 74.0 g/mol. The quantitative estimate of drug-likeness (QED) is 0.330. The van der Waals surface area contributed by atoms with Crippen molar-refractivity contribution in [1.82, 2.24) is 0 Å². The largest absolute Gasteiger partial charge is 0.295 e. The van der Waals surface area contributed by atoms with Gasteiger partial charge in [0.05, 0.1) is 0 Å². The summed E-state index contributed by atoms with van der Waals surface area (Å²) in [4.78, 5) is 9.03. The average Bonchev–Trinajstić information content (AvgIpc) is 1.38. The zero-order valence-electron chi connectivity index (χ0n) is 2.57. The van der Waals surface area contributed by atoms with Crippen LogP contribution in [0.15, 0.2) is 12.4 Å². The zero-order valence-corrected chi connectivity index (χ0v) is 2.57. The van der Waals surface area contributed by atoms with Gasteiger partial charge in [0, 0.05) is 0 Å². The van der Waals surface area contributed by atoms with E-state index in [4.69, 9.17) is 4.79 Å². The van der Waals surface area contributed by atoms with Crippen LogP contribution in [0.4, 0.5) is 4.39 Å². The topological polar surface area (TPSA) is 17.1 Å².